The monoisotopic (exact) mass is 489 g/mol. The lowest BCUT2D eigenvalue weighted by Crippen LogP contribution is -2.59. The highest BCUT2D eigenvalue weighted by Crippen LogP contribution is 2.50. The normalized spacial score (nSPS) is 22.1. The molecule has 32 heavy (non-hydrogen) atoms. The van der Waals surface area contributed by atoms with E-state index >= 15 is 0 Å². The summed E-state index contributed by atoms with van der Waals surface area (Å²) >= 11 is 3.67. The van der Waals surface area contributed by atoms with Gasteiger partial charge in [-0.3, -0.25) is 0 Å². The lowest BCUT2D eigenvalue weighted by Gasteiger charge is -2.51. The summed E-state index contributed by atoms with van der Waals surface area (Å²) in [6.45, 7) is 6.63. The number of hydrogen-bond donors (Lipinski definition) is 0. The Hall–Kier alpha value is -2.37. The van der Waals surface area contributed by atoms with E-state index in [1.165, 1.54) is 21.9 Å². The molecule has 0 saturated carbocycles. The Balaban J connectivity index is 1.41. The predicted molar refractivity (Wildman–Crippen MR) is 133 cm³/mol. The van der Waals surface area contributed by atoms with E-state index in [-0.39, 0.29) is 11.8 Å². The molecule has 3 heterocycles. The zero-order valence-corrected chi connectivity index (χ0v) is 20.2. The van der Waals surface area contributed by atoms with Crippen LogP contribution < -0.4 is 4.74 Å². The maximum absolute atomic E-state index is 6.78. The van der Waals surface area contributed by atoms with E-state index in [1.54, 1.807) is 0 Å². The first-order chi connectivity index (χ1) is 15.5. The van der Waals surface area contributed by atoms with Crippen molar-refractivity contribution in [2.75, 3.05) is 13.1 Å². The minimum Gasteiger partial charge on any atom is -0.466 e. The molecule has 1 saturated heterocycles. The maximum Gasteiger partial charge on any atom is 0.200 e. The van der Waals surface area contributed by atoms with Crippen LogP contribution in [0.4, 0.5) is 0 Å². The van der Waals surface area contributed by atoms with Gasteiger partial charge in [0.2, 0.25) is 5.72 Å². The summed E-state index contributed by atoms with van der Waals surface area (Å²) in [5.41, 5.74) is 3.23. The van der Waals surface area contributed by atoms with Gasteiger partial charge in [0.15, 0.2) is 0 Å². The first-order valence-electron chi connectivity index (χ1n) is 11.6. The molecule has 4 nitrogen and oxygen atoms in total. The highest BCUT2D eigenvalue weighted by molar-refractivity contribution is 9.10. The molecular weight excluding hydrogens is 462 g/mol. The summed E-state index contributed by atoms with van der Waals surface area (Å²) in [7, 11) is 0. The molecule has 0 aromatic heterocycles. The van der Waals surface area contributed by atoms with E-state index in [0.29, 0.717) is 6.04 Å². The second-order valence-corrected chi connectivity index (χ2v) is 10.4. The first-order valence-corrected chi connectivity index (χ1v) is 12.4. The summed E-state index contributed by atoms with van der Waals surface area (Å²) < 4.78 is 7.87. The topological polar surface area (TPSA) is 28.1 Å². The van der Waals surface area contributed by atoms with E-state index in [9.17, 15) is 0 Å². The number of rotatable bonds is 2. The van der Waals surface area contributed by atoms with E-state index in [0.717, 1.165) is 48.3 Å². The van der Waals surface area contributed by atoms with Gasteiger partial charge in [0.05, 0.1) is 11.8 Å². The zero-order chi connectivity index (χ0) is 21.9. The van der Waals surface area contributed by atoms with Crippen LogP contribution in [0.15, 0.2) is 70.2 Å². The number of likely N-dealkylation sites (tertiary alicyclic amines) is 1. The minimum atomic E-state index is -0.366. The molecule has 0 radical (unpaired) electrons. The van der Waals surface area contributed by atoms with Crippen molar-refractivity contribution in [1.82, 2.24) is 9.91 Å². The smallest absolute Gasteiger partial charge is 0.200 e. The van der Waals surface area contributed by atoms with Crippen molar-refractivity contribution in [3.63, 3.8) is 0 Å². The average Bonchev–Trinajstić information content (AvgIpc) is 3.27. The maximum atomic E-state index is 6.78. The quantitative estimate of drug-likeness (QED) is 0.419. The van der Waals surface area contributed by atoms with Gasteiger partial charge >= 0.3 is 0 Å². The van der Waals surface area contributed by atoms with Crippen molar-refractivity contribution in [3.05, 3.63) is 76.3 Å². The van der Waals surface area contributed by atoms with Crippen LogP contribution >= 0.6 is 15.9 Å². The third-order valence-corrected chi connectivity index (χ3v) is 7.84. The summed E-state index contributed by atoms with van der Waals surface area (Å²) in [6.07, 6.45) is 2.83. The number of hydrazone groups is 1. The first kappa shape index (κ1) is 20.3. The average molecular weight is 490 g/mol. The number of fused-ring (bicyclic) bond motifs is 5. The lowest BCUT2D eigenvalue weighted by molar-refractivity contribution is -0.152. The standard InChI is InChI=1S/C27H28BrN3O/c1-18(2)30-13-11-27(12-14-30)31-25(23-16-22(28)9-10-26(23)32-27)17-24(29-31)21-8-7-19-5-3-4-6-20(19)15-21/h3-10,15-16,18,25H,11-14,17H2,1-2H3/t25-/m1/s1. The van der Waals surface area contributed by atoms with Crippen molar-refractivity contribution in [2.24, 2.45) is 5.10 Å². The SMILES string of the molecule is CC(C)N1CCC2(CC1)Oc1ccc(Br)cc1[C@H]1CC(c3ccc4ccccc4c3)=NN12. The largest absolute Gasteiger partial charge is 0.466 e. The molecule has 5 heteroatoms. The molecule has 0 aliphatic carbocycles. The van der Waals surface area contributed by atoms with Crippen LogP contribution in [0.5, 0.6) is 5.75 Å². The van der Waals surface area contributed by atoms with Gasteiger partial charge in [-0.15, -0.1) is 0 Å². The molecule has 0 amide bonds. The molecule has 6 rings (SSSR count). The van der Waals surface area contributed by atoms with Gasteiger partial charge < -0.3 is 9.64 Å². The molecule has 164 valence electrons. The Labute approximate surface area is 198 Å². The molecule has 0 N–H and O–H groups in total. The molecule has 3 aliphatic heterocycles. The second-order valence-electron chi connectivity index (χ2n) is 9.53. The van der Waals surface area contributed by atoms with Crippen LogP contribution in [0.2, 0.25) is 0 Å². The van der Waals surface area contributed by atoms with Crippen molar-refractivity contribution >= 4 is 32.4 Å². The molecule has 3 aromatic carbocycles. The second kappa shape index (κ2) is 7.60. The van der Waals surface area contributed by atoms with E-state index in [1.807, 2.05) is 0 Å². The Morgan fingerprint density at radius 2 is 1.78 bits per heavy atom. The molecule has 0 unspecified atom stereocenters. The van der Waals surface area contributed by atoms with Crippen molar-refractivity contribution in [2.45, 2.75) is 50.9 Å². The van der Waals surface area contributed by atoms with Gasteiger partial charge in [-0.1, -0.05) is 52.3 Å². The van der Waals surface area contributed by atoms with Crippen molar-refractivity contribution < 1.29 is 4.74 Å². The van der Waals surface area contributed by atoms with E-state index in [4.69, 9.17) is 9.84 Å². The zero-order valence-electron chi connectivity index (χ0n) is 18.6. The number of halogens is 1. The molecule has 3 aromatic rings. The third-order valence-electron chi connectivity index (χ3n) is 7.35. The Bertz CT molecular complexity index is 1210. The van der Waals surface area contributed by atoms with Gasteiger partial charge in [0.1, 0.15) is 5.75 Å². The highest BCUT2D eigenvalue weighted by atomic mass is 79.9. The molecule has 1 fully saturated rings. The Morgan fingerprint density at radius 3 is 2.56 bits per heavy atom. The molecule has 0 bridgehead atoms. The summed E-state index contributed by atoms with van der Waals surface area (Å²) in [5.74, 6) is 1.02. The van der Waals surface area contributed by atoms with Gasteiger partial charge in [-0.05, 0) is 54.4 Å². The fourth-order valence-electron chi connectivity index (χ4n) is 5.52. The van der Waals surface area contributed by atoms with Gasteiger partial charge in [-0.25, -0.2) is 5.01 Å². The minimum absolute atomic E-state index is 0.211. The summed E-state index contributed by atoms with van der Waals surface area (Å²) in [4.78, 5) is 2.55. The van der Waals surface area contributed by atoms with Crippen LogP contribution in [0.1, 0.15) is 50.3 Å². The molecular formula is C27H28BrN3O. The van der Waals surface area contributed by atoms with E-state index < -0.39 is 0 Å². The predicted octanol–water partition coefficient (Wildman–Crippen LogP) is 6.35. The third kappa shape index (κ3) is 3.25. The van der Waals surface area contributed by atoms with Crippen molar-refractivity contribution in [3.8, 4) is 5.75 Å². The van der Waals surface area contributed by atoms with E-state index in [2.05, 4.69) is 100 Å². The van der Waals surface area contributed by atoms with Crippen LogP contribution in [-0.2, 0) is 0 Å². The summed E-state index contributed by atoms with van der Waals surface area (Å²) in [6, 6.07) is 22.4. The molecule has 1 atom stereocenters. The van der Waals surface area contributed by atoms with Gasteiger partial charge in [0.25, 0.3) is 0 Å². The number of piperidine rings is 1. The van der Waals surface area contributed by atoms with Gasteiger partial charge in [0, 0.05) is 48.4 Å². The number of ether oxygens (including phenoxy) is 1. The van der Waals surface area contributed by atoms with Crippen LogP contribution in [0.3, 0.4) is 0 Å². The number of hydrogen-bond acceptors (Lipinski definition) is 4. The number of benzene rings is 3. The summed E-state index contributed by atoms with van der Waals surface area (Å²) in [5, 5.41) is 10.1. The van der Waals surface area contributed by atoms with Crippen LogP contribution in [0.25, 0.3) is 10.8 Å². The fraction of sp³-hybridized carbons (Fsp3) is 0.370. The van der Waals surface area contributed by atoms with Gasteiger partial charge in [-0.2, -0.15) is 5.10 Å². The lowest BCUT2D eigenvalue weighted by atomic mass is 9.90. The van der Waals surface area contributed by atoms with Crippen molar-refractivity contribution in [1.29, 1.82) is 0 Å². The fourth-order valence-corrected chi connectivity index (χ4v) is 5.90. The molecule has 3 aliphatic rings. The molecule has 1 spiro atoms. The highest BCUT2D eigenvalue weighted by Gasteiger charge is 2.52. The Kier molecular flexibility index (Phi) is 4.81. The van der Waals surface area contributed by atoms with Crippen LogP contribution in [0, 0.1) is 0 Å². The Morgan fingerprint density at radius 1 is 1.00 bits per heavy atom. The number of nitrogens with zero attached hydrogens (tertiary/aromatic N) is 3. The van der Waals surface area contributed by atoms with Crippen LogP contribution in [-0.4, -0.2) is 40.5 Å².